The molecule has 0 saturated heterocycles. The highest BCUT2D eigenvalue weighted by Gasteiger charge is 2.08. The van der Waals surface area contributed by atoms with Crippen molar-refractivity contribution < 1.29 is 4.74 Å². The molecule has 1 rings (SSSR count). The lowest BCUT2D eigenvalue weighted by Crippen LogP contribution is -2.06. The van der Waals surface area contributed by atoms with Crippen LogP contribution in [0.15, 0.2) is 16.6 Å². The molecule has 0 aliphatic rings. The van der Waals surface area contributed by atoms with E-state index in [-0.39, 0.29) is 0 Å². The lowest BCUT2D eigenvalue weighted by atomic mass is 10.1. The number of rotatable bonds is 5. The van der Waals surface area contributed by atoms with Crippen LogP contribution in [0.3, 0.4) is 0 Å². The van der Waals surface area contributed by atoms with E-state index in [1.807, 2.05) is 12.1 Å². The van der Waals surface area contributed by atoms with Gasteiger partial charge in [-0.1, -0.05) is 25.4 Å². The van der Waals surface area contributed by atoms with Gasteiger partial charge in [0.25, 0.3) is 0 Å². The largest absolute Gasteiger partial charge is 0.493 e. The van der Waals surface area contributed by atoms with Gasteiger partial charge >= 0.3 is 0 Å². The Balaban J connectivity index is 2.77. The Kier molecular flexibility index (Phi) is 5.42. The van der Waals surface area contributed by atoms with Crippen molar-refractivity contribution in [3.63, 3.8) is 0 Å². The van der Waals surface area contributed by atoms with E-state index >= 15 is 0 Å². The SMILES string of the molecule is COc1c(Br)cc(Cl)cc1NCCC(C)C. The van der Waals surface area contributed by atoms with Gasteiger partial charge in [0.05, 0.1) is 17.3 Å². The summed E-state index contributed by atoms with van der Waals surface area (Å²) in [5.41, 5.74) is 0.933. The number of anilines is 1. The summed E-state index contributed by atoms with van der Waals surface area (Å²) in [5.74, 6) is 1.48. The minimum absolute atomic E-state index is 0.682. The highest BCUT2D eigenvalue weighted by atomic mass is 79.9. The van der Waals surface area contributed by atoms with Gasteiger partial charge in [0.1, 0.15) is 0 Å². The molecule has 0 amide bonds. The van der Waals surface area contributed by atoms with E-state index in [1.165, 1.54) is 0 Å². The number of halogens is 2. The molecular formula is C12H17BrClNO. The zero-order valence-electron chi connectivity index (χ0n) is 9.81. The molecule has 0 radical (unpaired) electrons. The lowest BCUT2D eigenvalue weighted by Gasteiger charge is -2.14. The molecule has 4 heteroatoms. The zero-order valence-corrected chi connectivity index (χ0v) is 12.2. The molecule has 0 fully saturated rings. The predicted molar refractivity (Wildman–Crippen MR) is 73.6 cm³/mol. The van der Waals surface area contributed by atoms with Crippen LogP contribution < -0.4 is 10.1 Å². The summed E-state index contributed by atoms with van der Waals surface area (Å²) in [4.78, 5) is 0. The van der Waals surface area contributed by atoms with Gasteiger partial charge in [0.15, 0.2) is 5.75 Å². The van der Waals surface area contributed by atoms with Crippen LogP contribution in [0.2, 0.25) is 5.02 Å². The summed E-state index contributed by atoms with van der Waals surface area (Å²) in [6, 6.07) is 3.71. The maximum absolute atomic E-state index is 5.99. The smallest absolute Gasteiger partial charge is 0.156 e. The number of ether oxygens (including phenoxy) is 1. The molecule has 0 heterocycles. The minimum atomic E-state index is 0.682. The average molecular weight is 307 g/mol. The van der Waals surface area contributed by atoms with Gasteiger partial charge in [-0.2, -0.15) is 0 Å². The fraction of sp³-hybridized carbons (Fsp3) is 0.500. The Hall–Kier alpha value is -0.410. The maximum atomic E-state index is 5.99. The van der Waals surface area contributed by atoms with Crippen molar-refractivity contribution in [3.05, 3.63) is 21.6 Å². The number of hydrogen-bond donors (Lipinski definition) is 1. The first-order chi connectivity index (χ1) is 7.54. The molecule has 0 unspecified atom stereocenters. The van der Waals surface area contributed by atoms with Gasteiger partial charge in [-0.15, -0.1) is 0 Å². The van der Waals surface area contributed by atoms with Gasteiger partial charge in [-0.3, -0.25) is 0 Å². The van der Waals surface area contributed by atoms with E-state index in [9.17, 15) is 0 Å². The minimum Gasteiger partial charge on any atom is -0.493 e. The van der Waals surface area contributed by atoms with Crippen molar-refractivity contribution in [3.8, 4) is 5.75 Å². The molecule has 0 spiro atoms. The average Bonchev–Trinajstić information content (AvgIpc) is 2.16. The molecule has 90 valence electrons. The molecule has 2 nitrogen and oxygen atoms in total. The van der Waals surface area contributed by atoms with Crippen LogP contribution in [-0.4, -0.2) is 13.7 Å². The molecular weight excluding hydrogens is 289 g/mol. The summed E-state index contributed by atoms with van der Waals surface area (Å²) in [6.45, 7) is 5.32. The van der Waals surface area contributed by atoms with Crippen LogP contribution >= 0.6 is 27.5 Å². The van der Waals surface area contributed by atoms with E-state index in [4.69, 9.17) is 16.3 Å². The Morgan fingerprint density at radius 2 is 2.12 bits per heavy atom. The standard InChI is InChI=1S/C12H17BrClNO/c1-8(2)4-5-15-11-7-9(14)6-10(13)12(11)16-3/h6-8,15H,4-5H2,1-3H3. The van der Waals surface area contributed by atoms with Crippen LogP contribution in [0, 0.1) is 5.92 Å². The highest BCUT2D eigenvalue weighted by Crippen LogP contribution is 2.36. The van der Waals surface area contributed by atoms with Crippen molar-refractivity contribution in [1.29, 1.82) is 0 Å². The van der Waals surface area contributed by atoms with E-state index in [2.05, 4.69) is 35.1 Å². The van der Waals surface area contributed by atoms with Gasteiger partial charge in [-0.05, 0) is 40.4 Å². The topological polar surface area (TPSA) is 21.3 Å². The molecule has 0 bridgehead atoms. The highest BCUT2D eigenvalue weighted by molar-refractivity contribution is 9.10. The van der Waals surface area contributed by atoms with Crippen molar-refractivity contribution >= 4 is 33.2 Å². The van der Waals surface area contributed by atoms with Gasteiger partial charge in [0.2, 0.25) is 0 Å². The normalized spacial score (nSPS) is 10.6. The first-order valence-electron chi connectivity index (χ1n) is 5.31. The second-order valence-electron chi connectivity index (χ2n) is 4.08. The van der Waals surface area contributed by atoms with Crippen LogP contribution in [0.5, 0.6) is 5.75 Å². The third kappa shape index (κ3) is 3.87. The van der Waals surface area contributed by atoms with Crippen LogP contribution in [-0.2, 0) is 0 Å². The Morgan fingerprint density at radius 1 is 1.44 bits per heavy atom. The van der Waals surface area contributed by atoms with Gasteiger partial charge < -0.3 is 10.1 Å². The second kappa shape index (κ2) is 6.36. The molecule has 0 aliphatic heterocycles. The Labute approximate surface area is 110 Å². The summed E-state index contributed by atoms with van der Waals surface area (Å²) < 4.78 is 6.19. The number of hydrogen-bond acceptors (Lipinski definition) is 2. The van der Waals surface area contributed by atoms with E-state index in [0.717, 1.165) is 28.9 Å². The van der Waals surface area contributed by atoms with E-state index in [0.29, 0.717) is 10.9 Å². The summed E-state index contributed by atoms with van der Waals surface area (Å²) in [5, 5.41) is 4.03. The van der Waals surface area contributed by atoms with Crippen LogP contribution in [0.1, 0.15) is 20.3 Å². The maximum Gasteiger partial charge on any atom is 0.156 e. The number of benzene rings is 1. The van der Waals surface area contributed by atoms with Crippen LogP contribution in [0.25, 0.3) is 0 Å². The van der Waals surface area contributed by atoms with Crippen molar-refractivity contribution in [2.45, 2.75) is 20.3 Å². The molecule has 0 atom stereocenters. The Morgan fingerprint density at radius 3 is 2.69 bits per heavy atom. The summed E-state index contributed by atoms with van der Waals surface area (Å²) >= 11 is 9.42. The van der Waals surface area contributed by atoms with Crippen LogP contribution in [0.4, 0.5) is 5.69 Å². The molecule has 0 saturated carbocycles. The van der Waals surface area contributed by atoms with E-state index < -0.39 is 0 Å². The fourth-order valence-electron chi connectivity index (χ4n) is 1.39. The predicted octanol–water partition coefficient (Wildman–Crippen LogP) is 4.57. The van der Waals surface area contributed by atoms with Gasteiger partial charge in [-0.25, -0.2) is 0 Å². The molecule has 0 aromatic heterocycles. The summed E-state index contributed by atoms with van der Waals surface area (Å²) in [6.07, 6.45) is 1.12. The first kappa shape index (κ1) is 13.7. The van der Waals surface area contributed by atoms with E-state index in [1.54, 1.807) is 7.11 Å². The second-order valence-corrected chi connectivity index (χ2v) is 5.37. The number of nitrogens with one attached hydrogen (secondary N) is 1. The number of methoxy groups -OCH3 is 1. The third-order valence-corrected chi connectivity index (χ3v) is 3.06. The zero-order chi connectivity index (χ0) is 12.1. The molecule has 1 N–H and O–H groups in total. The van der Waals surface area contributed by atoms with Crippen molar-refractivity contribution in [1.82, 2.24) is 0 Å². The lowest BCUT2D eigenvalue weighted by molar-refractivity contribution is 0.413. The first-order valence-corrected chi connectivity index (χ1v) is 6.48. The molecule has 0 aliphatic carbocycles. The van der Waals surface area contributed by atoms with Crippen molar-refractivity contribution in [2.75, 3.05) is 19.0 Å². The summed E-state index contributed by atoms with van der Waals surface area (Å²) in [7, 11) is 1.65. The third-order valence-electron chi connectivity index (χ3n) is 2.25. The molecule has 16 heavy (non-hydrogen) atoms. The quantitative estimate of drug-likeness (QED) is 0.860. The van der Waals surface area contributed by atoms with Gasteiger partial charge in [0, 0.05) is 11.6 Å². The molecule has 1 aromatic carbocycles. The monoisotopic (exact) mass is 305 g/mol. The van der Waals surface area contributed by atoms with Crippen molar-refractivity contribution in [2.24, 2.45) is 5.92 Å². The Bertz CT molecular complexity index is 355. The fourth-order valence-corrected chi connectivity index (χ4v) is 2.37. The molecule has 1 aromatic rings.